The highest BCUT2D eigenvalue weighted by Crippen LogP contribution is 2.15. The predicted octanol–water partition coefficient (Wildman–Crippen LogP) is 2.75. The molecule has 0 spiro atoms. The van der Waals surface area contributed by atoms with E-state index in [1.807, 2.05) is 0 Å². The van der Waals surface area contributed by atoms with Gasteiger partial charge in [0.15, 0.2) is 0 Å². The van der Waals surface area contributed by atoms with Crippen molar-refractivity contribution in [3.05, 3.63) is 59.8 Å². The van der Waals surface area contributed by atoms with Crippen LogP contribution in [0.3, 0.4) is 0 Å². The van der Waals surface area contributed by atoms with Crippen molar-refractivity contribution in [2.75, 3.05) is 19.7 Å². The van der Waals surface area contributed by atoms with Gasteiger partial charge in [-0.3, -0.25) is 9.59 Å². The van der Waals surface area contributed by atoms with E-state index in [0.29, 0.717) is 31.8 Å². The third-order valence-electron chi connectivity index (χ3n) is 4.52. The maximum Gasteiger partial charge on any atom is 0.257 e. The molecule has 0 aliphatic carbocycles. The zero-order chi connectivity index (χ0) is 19.1. The van der Waals surface area contributed by atoms with Crippen LogP contribution in [0.5, 0.6) is 0 Å². The van der Waals surface area contributed by atoms with Crippen molar-refractivity contribution in [2.24, 2.45) is 0 Å². The highest BCUT2D eigenvalue weighted by Gasteiger charge is 2.24. The molecular formula is C20H23FN2O4. The lowest BCUT2D eigenvalue weighted by Gasteiger charge is -2.25. The standard InChI is InChI=1S/C20H23FN2O4/c21-17-5-3-15(4-6-17)12-22-19(24)7-9-23(13-18-2-1-10-27-18)20(25)16-8-11-26-14-16/h3-6,8,11,14,18H,1-2,7,9-10,12-13H2,(H,22,24)/t18-/m0/s1. The number of hydrogen-bond acceptors (Lipinski definition) is 4. The number of nitrogens with one attached hydrogen (secondary N) is 1. The van der Waals surface area contributed by atoms with Crippen LogP contribution < -0.4 is 5.32 Å². The molecule has 1 aromatic carbocycles. The molecule has 2 aromatic rings. The first kappa shape index (κ1) is 19.1. The van der Waals surface area contributed by atoms with E-state index >= 15 is 0 Å². The molecule has 2 amide bonds. The number of furan rings is 1. The van der Waals surface area contributed by atoms with E-state index in [1.54, 1.807) is 23.1 Å². The molecular weight excluding hydrogens is 351 g/mol. The molecule has 1 N–H and O–H groups in total. The van der Waals surface area contributed by atoms with Gasteiger partial charge in [-0.1, -0.05) is 12.1 Å². The second-order valence-electron chi connectivity index (χ2n) is 6.55. The van der Waals surface area contributed by atoms with Crippen LogP contribution in [-0.4, -0.2) is 42.5 Å². The summed E-state index contributed by atoms with van der Waals surface area (Å²) in [7, 11) is 0. The lowest BCUT2D eigenvalue weighted by molar-refractivity contribution is -0.121. The van der Waals surface area contributed by atoms with Crippen LogP contribution >= 0.6 is 0 Å². The number of ether oxygens (including phenoxy) is 1. The Bertz CT molecular complexity index is 740. The number of rotatable bonds is 8. The van der Waals surface area contributed by atoms with Crippen molar-refractivity contribution in [3.63, 3.8) is 0 Å². The average Bonchev–Trinajstić information content (AvgIpc) is 3.38. The summed E-state index contributed by atoms with van der Waals surface area (Å²) in [6, 6.07) is 7.58. The van der Waals surface area contributed by atoms with Crippen LogP contribution in [0.25, 0.3) is 0 Å². The Hall–Kier alpha value is -2.67. The van der Waals surface area contributed by atoms with E-state index in [0.717, 1.165) is 18.4 Å². The zero-order valence-corrected chi connectivity index (χ0v) is 15.0. The number of carbonyl (C=O) groups is 2. The van der Waals surface area contributed by atoms with Crippen molar-refractivity contribution in [2.45, 2.75) is 31.9 Å². The summed E-state index contributed by atoms with van der Waals surface area (Å²) in [6.07, 6.45) is 4.93. The first-order valence-corrected chi connectivity index (χ1v) is 9.06. The number of carbonyl (C=O) groups excluding carboxylic acids is 2. The molecule has 27 heavy (non-hydrogen) atoms. The zero-order valence-electron chi connectivity index (χ0n) is 15.0. The summed E-state index contributed by atoms with van der Waals surface area (Å²) in [5.74, 6) is -0.658. The highest BCUT2D eigenvalue weighted by molar-refractivity contribution is 5.94. The lowest BCUT2D eigenvalue weighted by Crippen LogP contribution is -2.39. The fourth-order valence-corrected chi connectivity index (χ4v) is 3.01. The monoisotopic (exact) mass is 374 g/mol. The van der Waals surface area contributed by atoms with E-state index in [4.69, 9.17) is 9.15 Å². The summed E-state index contributed by atoms with van der Waals surface area (Å²) in [6.45, 7) is 1.77. The Balaban J connectivity index is 1.52. The molecule has 1 aromatic heterocycles. The molecule has 1 saturated heterocycles. The molecule has 1 aliphatic rings. The Morgan fingerprint density at radius 3 is 2.70 bits per heavy atom. The van der Waals surface area contributed by atoms with Crippen molar-refractivity contribution >= 4 is 11.8 Å². The molecule has 1 atom stereocenters. The number of benzene rings is 1. The molecule has 7 heteroatoms. The molecule has 0 bridgehead atoms. The van der Waals surface area contributed by atoms with E-state index in [2.05, 4.69) is 5.32 Å². The van der Waals surface area contributed by atoms with Gasteiger partial charge < -0.3 is 19.4 Å². The molecule has 144 valence electrons. The van der Waals surface area contributed by atoms with Crippen LogP contribution in [-0.2, 0) is 16.1 Å². The van der Waals surface area contributed by atoms with E-state index in [-0.39, 0.29) is 30.2 Å². The van der Waals surface area contributed by atoms with Gasteiger partial charge in [0.05, 0.1) is 17.9 Å². The molecule has 0 radical (unpaired) electrons. The van der Waals surface area contributed by atoms with Crippen molar-refractivity contribution in [1.82, 2.24) is 10.2 Å². The van der Waals surface area contributed by atoms with Crippen molar-refractivity contribution < 1.29 is 23.1 Å². The van der Waals surface area contributed by atoms with Gasteiger partial charge in [0, 0.05) is 32.7 Å². The van der Waals surface area contributed by atoms with Gasteiger partial charge in [0.2, 0.25) is 5.91 Å². The first-order chi connectivity index (χ1) is 13.1. The Kier molecular flexibility index (Phi) is 6.59. The second kappa shape index (κ2) is 9.32. The normalized spacial score (nSPS) is 16.3. The number of nitrogens with zero attached hydrogens (tertiary/aromatic N) is 1. The maximum absolute atomic E-state index is 12.9. The summed E-state index contributed by atoms with van der Waals surface area (Å²) in [5.41, 5.74) is 1.27. The largest absolute Gasteiger partial charge is 0.472 e. The maximum atomic E-state index is 12.9. The van der Waals surface area contributed by atoms with Gasteiger partial charge in [-0.25, -0.2) is 4.39 Å². The fourth-order valence-electron chi connectivity index (χ4n) is 3.01. The van der Waals surface area contributed by atoms with E-state index in [1.165, 1.54) is 24.7 Å². The van der Waals surface area contributed by atoms with Crippen LogP contribution in [0.15, 0.2) is 47.3 Å². The van der Waals surface area contributed by atoms with Gasteiger partial charge in [0.1, 0.15) is 12.1 Å². The van der Waals surface area contributed by atoms with Gasteiger partial charge in [-0.15, -0.1) is 0 Å². The molecule has 3 rings (SSSR count). The highest BCUT2D eigenvalue weighted by atomic mass is 19.1. The molecule has 1 aliphatic heterocycles. The Labute approximate surface area is 157 Å². The Morgan fingerprint density at radius 1 is 1.22 bits per heavy atom. The van der Waals surface area contributed by atoms with Crippen LogP contribution in [0, 0.1) is 5.82 Å². The minimum absolute atomic E-state index is 0.00290. The van der Waals surface area contributed by atoms with Gasteiger partial charge in [-0.05, 0) is 36.6 Å². The van der Waals surface area contributed by atoms with Crippen LogP contribution in [0.1, 0.15) is 35.2 Å². The summed E-state index contributed by atoms with van der Waals surface area (Å²) in [4.78, 5) is 26.5. The SMILES string of the molecule is O=C(CCN(C[C@@H]1CCCO1)C(=O)c1ccoc1)NCc1ccc(F)cc1. The molecule has 1 fully saturated rings. The third-order valence-corrected chi connectivity index (χ3v) is 4.52. The predicted molar refractivity (Wildman–Crippen MR) is 96.4 cm³/mol. The fraction of sp³-hybridized carbons (Fsp3) is 0.400. The van der Waals surface area contributed by atoms with Crippen LogP contribution in [0.2, 0.25) is 0 Å². The molecule has 2 heterocycles. The third kappa shape index (κ3) is 5.65. The first-order valence-electron chi connectivity index (χ1n) is 9.06. The molecule has 0 unspecified atom stereocenters. The topological polar surface area (TPSA) is 71.8 Å². The van der Waals surface area contributed by atoms with E-state index in [9.17, 15) is 14.0 Å². The summed E-state index contributed by atoms with van der Waals surface area (Å²) in [5, 5.41) is 2.79. The molecule has 0 saturated carbocycles. The van der Waals surface area contributed by atoms with Gasteiger partial charge >= 0.3 is 0 Å². The van der Waals surface area contributed by atoms with Crippen molar-refractivity contribution in [1.29, 1.82) is 0 Å². The smallest absolute Gasteiger partial charge is 0.257 e. The van der Waals surface area contributed by atoms with Gasteiger partial charge in [-0.2, -0.15) is 0 Å². The Morgan fingerprint density at radius 2 is 2.04 bits per heavy atom. The van der Waals surface area contributed by atoms with Crippen molar-refractivity contribution in [3.8, 4) is 0 Å². The number of amides is 2. The lowest BCUT2D eigenvalue weighted by atomic mass is 10.2. The minimum Gasteiger partial charge on any atom is -0.472 e. The average molecular weight is 374 g/mol. The summed E-state index contributed by atoms with van der Waals surface area (Å²) >= 11 is 0. The summed E-state index contributed by atoms with van der Waals surface area (Å²) < 4.78 is 23.5. The van der Waals surface area contributed by atoms with E-state index < -0.39 is 0 Å². The van der Waals surface area contributed by atoms with Crippen LogP contribution in [0.4, 0.5) is 4.39 Å². The number of halogens is 1. The second-order valence-corrected chi connectivity index (χ2v) is 6.55. The quantitative estimate of drug-likeness (QED) is 0.771. The molecule has 6 nitrogen and oxygen atoms in total. The van der Waals surface area contributed by atoms with Gasteiger partial charge in [0.25, 0.3) is 5.91 Å². The minimum atomic E-state index is -0.312. The number of hydrogen-bond donors (Lipinski definition) is 1.